The number of aliphatic hydroxyl groups is 1. The molecule has 6 nitrogen and oxygen atoms in total. The minimum absolute atomic E-state index is 0.0739. The van der Waals surface area contributed by atoms with Crippen molar-refractivity contribution in [3.05, 3.63) is 17.0 Å². The third kappa shape index (κ3) is 4.85. The zero-order chi connectivity index (χ0) is 20.3. The van der Waals surface area contributed by atoms with Crippen molar-refractivity contribution in [1.82, 2.24) is 20.4 Å². The molecule has 1 aromatic rings. The number of amides is 1. The van der Waals surface area contributed by atoms with Gasteiger partial charge in [-0.3, -0.25) is 9.48 Å². The summed E-state index contributed by atoms with van der Waals surface area (Å²) < 4.78 is 2.15. The Balaban J connectivity index is 1.46. The average molecular weight is 403 g/mol. The number of hydrogen-bond donors (Lipinski definition) is 3. The van der Waals surface area contributed by atoms with Gasteiger partial charge in [0.25, 0.3) is 5.91 Å². The van der Waals surface area contributed by atoms with Gasteiger partial charge >= 0.3 is 0 Å². The van der Waals surface area contributed by atoms with E-state index >= 15 is 0 Å². The lowest BCUT2D eigenvalue weighted by Gasteiger charge is -2.35. The first-order valence-corrected chi connectivity index (χ1v) is 11.8. The van der Waals surface area contributed by atoms with Crippen LogP contribution in [-0.2, 0) is 19.4 Å². The topological polar surface area (TPSA) is 79.2 Å². The summed E-state index contributed by atoms with van der Waals surface area (Å²) in [6.07, 6.45) is 14.7. The summed E-state index contributed by atoms with van der Waals surface area (Å²) in [6, 6.07) is 0.309. The van der Waals surface area contributed by atoms with Crippen molar-refractivity contribution >= 4 is 5.91 Å². The van der Waals surface area contributed by atoms with Crippen molar-refractivity contribution < 1.29 is 9.90 Å². The maximum absolute atomic E-state index is 12.5. The second kappa shape index (κ2) is 9.17. The summed E-state index contributed by atoms with van der Waals surface area (Å²) in [4.78, 5) is 12.5. The SMILES string of the molecule is CNC(=O)c1nn(CC2CCCCC2)c2c1CC(NCC1(O)CCCCC1)CC2. The lowest BCUT2D eigenvalue weighted by molar-refractivity contribution is 0.00227. The van der Waals surface area contributed by atoms with Crippen LogP contribution < -0.4 is 10.6 Å². The first-order chi connectivity index (χ1) is 14.1. The molecule has 0 radical (unpaired) electrons. The van der Waals surface area contributed by atoms with E-state index in [1.54, 1.807) is 7.05 Å². The van der Waals surface area contributed by atoms with E-state index in [9.17, 15) is 9.90 Å². The molecule has 0 aromatic carbocycles. The van der Waals surface area contributed by atoms with E-state index in [0.29, 0.717) is 24.2 Å². The number of nitrogens with one attached hydrogen (secondary N) is 2. The van der Waals surface area contributed by atoms with Gasteiger partial charge in [0.2, 0.25) is 0 Å². The van der Waals surface area contributed by atoms with Gasteiger partial charge < -0.3 is 15.7 Å². The van der Waals surface area contributed by atoms with E-state index in [1.165, 1.54) is 44.2 Å². The fraction of sp³-hybridized carbons (Fsp3) is 0.826. The van der Waals surface area contributed by atoms with Crippen molar-refractivity contribution in [3.8, 4) is 0 Å². The van der Waals surface area contributed by atoms with Crippen molar-refractivity contribution in [2.45, 2.75) is 102 Å². The van der Waals surface area contributed by atoms with E-state index in [4.69, 9.17) is 5.10 Å². The largest absolute Gasteiger partial charge is 0.389 e. The van der Waals surface area contributed by atoms with Gasteiger partial charge in [-0.25, -0.2) is 0 Å². The molecule has 1 aromatic heterocycles. The molecule has 2 saturated carbocycles. The summed E-state index contributed by atoms with van der Waals surface area (Å²) in [5.41, 5.74) is 2.46. The Morgan fingerprint density at radius 2 is 1.86 bits per heavy atom. The lowest BCUT2D eigenvalue weighted by atomic mass is 9.84. The van der Waals surface area contributed by atoms with Crippen LogP contribution in [0.25, 0.3) is 0 Å². The number of fused-ring (bicyclic) bond motifs is 1. The van der Waals surface area contributed by atoms with Gasteiger partial charge in [0, 0.05) is 37.4 Å². The molecule has 4 rings (SSSR count). The van der Waals surface area contributed by atoms with Crippen molar-refractivity contribution in [2.75, 3.05) is 13.6 Å². The van der Waals surface area contributed by atoms with Gasteiger partial charge in [-0.2, -0.15) is 5.10 Å². The van der Waals surface area contributed by atoms with E-state index in [2.05, 4.69) is 15.3 Å². The Kier molecular flexibility index (Phi) is 6.60. The minimum atomic E-state index is -0.548. The maximum atomic E-state index is 12.5. The number of rotatable bonds is 6. The van der Waals surface area contributed by atoms with Crippen LogP contribution in [0.2, 0.25) is 0 Å². The van der Waals surface area contributed by atoms with Crippen LogP contribution in [0.4, 0.5) is 0 Å². The number of carbonyl (C=O) groups excluding carboxylic acids is 1. The lowest BCUT2D eigenvalue weighted by Crippen LogP contribution is -2.47. The molecule has 0 bridgehead atoms. The zero-order valence-corrected chi connectivity index (χ0v) is 18.0. The third-order valence-corrected chi connectivity index (χ3v) is 7.45. The Bertz CT molecular complexity index is 702. The molecule has 29 heavy (non-hydrogen) atoms. The predicted octanol–water partition coefficient (Wildman–Crippen LogP) is 2.97. The third-order valence-electron chi connectivity index (χ3n) is 7.45. The highest BCUT2D eigenvalue weighted by Gasteiger charge is 2.33. The summed E-state index contributed by atoms with van der Waals surface area (Å²) in [7, 11) is 1.69. The number of hydrogen-bond acceptors (Lipinski definition) is 4. The highest BCUT2D eigenvalue weighted by Crippen LogP contribution is 2.31. The normalized spacial score (nSPS) is 24.8. The standard InChI is InChI=1S/C23H38N4O2/c1-24-22(28)21-19-14-18(25-16-23(29)12-6-3-7-13-23)10-11-20(19)27(26-21)15-17-8-4-2-5-9-17/h17-18,25,29H,2-16H2,1H3,(H,24,28). The molecule has 6 heteroatoms. The van der Waals surface area contributed by atoms with E-state index in [1.807, 2.05) is 0 Å². The molecular weight excluding hydrogens is 364 g/mol. The number of carbonyl (C=O) groups is 1. The predicted molar refractivity (Wildman–Crippen MR) is 114 cm³/mol. The molecule has 1 amide bonds. The van der Waals surface area contributed by atoms with Crippen LogP contribution in [0, 0.1) is 5.92 Å². The van der Waals surface area contributed by atoms with Crippen LogP contribution in [0.5, 0.6) is 0 Å². The molecule has 1 atom stereocenters. The van der Waals surface area contributed by atoms with Crippen molar-refractivity contribution in [2.24, 2.45) is 5.92 Å². The average Bonchev–Trinajstić information content (AvgIpc) is 3.11. The Hall–Kier alpha value is -1.40. The Labute approximate surface area is 174 Å². The second-order valence-corrected chi connectivity index (χ2v) is 9.64. The van der Waals surface area contributed by atoms with Gasteiger partial charge in [0.15, 0.2) is 5.69 Å². The quantitative estimate of drug-likeness (QED) is 0.683. The van der Waals surface area contributed by atoms with Crippen LogP contribution in [0.15, 0.2) is 0 Å². The van der Waals surface area contributed by atoms with Gasteiger partial charge in [0.05, 0.1) is 5.60 Å². The van der Waals surface area contributed by atoms with E-state index in [0.717, 1.165) is 57.1 Å². The second-order valence-electron chi connectivity index (χ2n) is 9.64. The molecule has 3 aliphatic carbocycles. The molecule has 0 aliphatic heterocycles. The summed E-state index contributed by atoms with van der Waals surface area (Å²) >= 11 is 0. The number of nitrogens with zero attached hydrogens (tertiary/aromatic N) is 2. The minimum Gasteiger partial charge on any atom is -0.389 e. The van der Waals surface area contributed by atoms with Gasteiger partial charge in [0.1, 0.15) is 0 Å². The molecule has 0 saturated heterocycles. The fourth-order valence-corrected chi connectivity index (χ4v) is 5.65. The molecule has 2 fully saturated rings. The number of aromatic nitrogens is 2. The van der Waals surface area contributed by atoms with Crippen molar-refractivity contribution in [1.29, 1.82) is 0 Å². The monoisotopic (exact) mass is 402 g/mol. The first kappa shape index (κ1) is 20.9. The Morgan fingerprint density at radius 3 is 2.59 bits per heavy atom. The van der Waals surface area contributed by atoms with E-state index in [-0.39, 0.29) is 5.91 Å². The smallest absolute Gasteiger partial charge is 0.271 e. The van der Waals surface area contributed by atoms with Crippen molar-refractivity contribution in [3.63, 3.8) is 0 Å². The highest BCUT2D eigenvalue weighted by molar-refractivity contribution is 5.93. The van der Waals surface area contributed by atoms with Gasteiger partial charge in [-0.1, -0.05) is 38.5 Å². The summed E-state index contributed by atoms with van der Waals surface area (Å²) in [5.74, 6) is 0.622. The van der Waals surface area contributed by atoms with Crippen LogP contribution >= 0.6 is 0 Å². The first-order valence-electron chi connectivity index (χ1n) is 11.8. The van der Waals surface area contributed by atoms with E-state index < -0.39 is 5.60 Å². The van der Waals surface area contributed by atoms with Gasteiger partial charge in [-0.05, 0) is 50.9 Å². The van der Waals surface area contributed by atoms with Crippen LogP contribution in [-0.4, -0.2) is 46.0 Å². The molecule has 3 aliphatic rings. The zero-order valence-electron chi connectivity index (χ0n) is 18.0. The summed E-state index contributed by atoms with van der Waals surface area (Å²) in [6.45, 7) is 1.62. The molecular formula is C23H38N4O2. The Morgan fingerprint density at radius 1 is 1.14 bits per heavy atom. The van der Waals surface area contributed by atoms with Gasteiger partial charge in [-0.15, -0.1) is 0 Å². The molecule has 0 spiro atoms. The molecule has 3 N–H and O–H groups in total. The molecule has 162 valence electrons. The molecule has 1 heterocycles. The van der Waals surface area contributed by atoms with Crippen LogP contribution in [0.1, 0.15) is 92.4 Å². The maximum Gasteiger partial charge on any atom is 0.271 e. The highest BCUT2D eigenvalue weighted by atomic mass is 16.3. The van der Waals surface area contributed by atoms with Crippen LogP contribution in [0.3, 0.4) is 0 Å². The molecule has 1 unspecified atom stereocenters. The summed E-state index contributed by atoms with van der Waals surface area (Å²) in [5, 5.41) is 22.0. The fourth-order valence-electron chi connectivity index (χ4n) is 5.65.